The van der Waals surface area contributed by atoms with Crippen molar-refractivity contribution in [2.75, 3.05) is 13.1 Å². The molecule has 1 fully saturated rings. The van der Waals surface area contributed by atoms with E-state index in [2.05, 4.69) is 31.7 Å². The molecule has 3 rings (SSSR count). The molecule has 0 radical (unpaired) electrons. The molecule has 0 aliphatic carbocycles. The van der Waals surface area contributed by atoms with Crippen molar-refractivity contribution in [1.29, 1.82) is 0 Å². The highest BCUT2D eigenvalue weighted by Crippen LogP contribution is 2.27. The van der Waals surface area contributed by atoms with Gasteiger partial charge in [-0.3, -0.25) is 9.48 Å². The molecule has 7 heteroatoms. The van der Waals surface area contributed by atoms with Gasteiger partial charge in [0.1, 0.15) is 11.4 Å². The lowest BCUT2D eigenvalue weighted by Crippen LogP contribution is -2.54. The maximum atomic E-state index is 13.4. The minimum atomic E-state index is -0.686. The summed E-state index contributed by atoms with van der Waals surface area (Å²) in [5.41, 5.74) is 0.0251. The second-order valence-corrected chi connectivity index (χ2v) is 6.50. The van der Waals surface area contributed by atoms with Gasteiger partial charge in [0.15, 0.2) is 0 Å². The van der Waals surface area contributed by atoms with Crippen LogP contribution in [0.25, 0.3) is 0 Å². The highest BCUT2D eigenvalue weighted by atomic mass is 79.9. The maximum Gasteiger partial charge on any atom is 0.248 e. The predicted molar refractivity (Wildman–Crippen MR) is 88.3 cm³/mol. The number of hydrogen-bond donors (Lipinski definition) is 2. The van der Waals surface area contributed by atoms with Crippen molar-refractivity contribution < 1.29 is 9.18 Å². The standard InChI is InChI=1S/C16H18BrFN4O/c17-14-3-2-13(18)10-12(14)11-20-15(23)16(4-7-19-8-5-16)22-9-1-6-21-22/h1-3,6,9-10,19H,4-5,7-8,11H2,(H,20,23). The Bertz CT molecular complexity index is 683. The van der Waals surface area contributed by atoms with Crippen molar-refractivity contribution >= 4 is 21.8 Å². The first-order chi connectivity index (χ1) is 11.1. The minimum absolute atomic E-state index is 0.0844. The molecule has 0 atom stereocenters. The molecule has 2 N–H and O–H groups in total. The van der Waals surface area contributed by atoms with Gasteiger partial charge in [-0.15, -0.1) is 0 Å². The Hall–Kier alpha value is -1.73. The van der Waals surface area contributed by atoms with E-state index in [-0.39, 0.29) is 18.3 Å². The first kappa shape index (κ1) is 16.1. The third kappa shape index (κ3) is 3.30. The zero-order chi connectivity index (χ0) is 16.3. The monoisotopic (exact) mass is 380 g/mol. The molecule has 122 valence electrons. The van der Waals surface area contributed by atoms with Crippen molar-refractivity contribution in [2.45, 2.75) is 24.9 Å². The zero-order valence-corrected chi connectivity index (χ0v) is 14.1. The summed E-state index contributed by atoms with van der Waals surface area (Å²) in [5, 5.41) is 10.5. The van der Waals surface area contributed by atoms with Crippen LogP contribution in [0.4, 0.5) is 4.39 Å². The fourth-order valence-electron chi connectivity index (χ4n) is 2.94. The molecular weight excluding hydrogens is 363 g/mol. The van der Waals surface area contributed by atoms with Gasteiger partial charge < -0.3 is 10.6 Å². The van der Waals surface area contributed by atoms with Crippen molar-refractivity contribution in [3.63, 3.8) is 0 Å². The lowest BCUT2D eigenvalue weighted by atomic mass is 9.87. The second-order valence-electron chi connectivity index (χ2n) is 5.65. The smallest absolute Gasteiger partial charge is 0.248 e. The molecule has 5 nitrogen and oxygen atoms in total. The van der Waals surface area contributed by atoms with Gasteiger partial charge in [0.2, 0.25) is 5.91 Å². The van der Waals surface area contributed by atoms with Gasteiger partial charge in [0.25, 0.3) is 0 Å². The molecule has 1 amide bonds. The van der Waals surface area contributed by atoms with Gasteiger partial charge in [-0.2, -0.15) is 5.10 Å². The van der Waals surface area contributed by atoms with Crippen LogP contribution in [0.3, 0.4) is 0 Å². The third-order valence-corrected chi connectivity index (χ3v) is 5.02. The van der Waals surface area contributed by atoms with E-state index in [0.717, 1.165) is 17.6 Å². The summed E-state index contributed by atoms with van der Waals surface area (Å²) in [4.78, 5) is 12.9. The summed E-state index contributed by atoms with van der Waals surface area (Å²) >= 11 is 3.38. The van der Waals surface area contributed by atoms with Crippen LogP contribution in [-0.2, 0) is 16.9 Å². The SMILES string of the molecule is O=C(NCc1cc(F)ccc1Br)C1(n2cccn2)CCNCC1. The lowest BCUT2D eigenvalue weighted by Gasteiger charge is -2.36. The molecule has 1 aliphatic heterocycles. The zero-order valence-electron chi connectivity index (χ0n) is 12.6. The number of amides is 1. The fourth-order valence-corrected chi connectivity index (χ4v) is 3.33. The van der Waals surface area contributed by atoms with Gasteiger partial charge in [-0.1, -0.05) is 15.9 Å². The van der Waals surface area contributed by atoms with Crippen molar-refractivity contribution in [2.24, 2.45) is 0 Å². The summed E-state index contributed by atoms with van der Waals surface area (Å²) in [6.07, 6.45) is 4.85. The number of hydrogen-bond acceptors (Lipinski definition) is 3. The van der Waals surface area contributed by atoms with E-state index in [9.17, 15) is 9.18 Å². The third-order valence-electron chi connectivity index (χ3n) is 4.24. The summed E-state index contributed by atoms with van der Waals surface area (Å²) in [6.45, 7) is 1.79. The van der Waals surface area contributed by atoms with Crippen molar-refractivity contribution in [1.82, 2.24) is 20.4 Å². The van der Waals surface area contributed by atoms with Crippen LogP contribution in [0.1, 0.15) is 18.4 Å². The normalized spacial score (nSPS) is 17.0. The molecule has 0 unspecified atom stereocenters. The number of nitrogens with zero attached hydrogens (tertiary/aromatic N) is 2. The largest absolute Gasteiger partial charge is 0.350 e. The minimum Gasteiger partial charge on any atom is -0.350 e. The number of nitrogens with one attached hydrogen (secondary N) is 2. The number of aromatic nitrogens is 2. The van der Waals surface area contributed by atoms with Gasteiger partial charge in [-0.25, -0.2) is 4.39 Å². The number of carbonyl (C=O) groups is 1. The second kappa shape index (κ2) is 6.80. The van der Waals surface area contributed by atoms with E-state index >= 15 is 0 Å². The Labute approximate surface area is 142 Å². The molecule has 1 saturated heterocycles. The maximum absolute atomic E-state index is 13.4. The molecule has 23 heavy (non-hydrogen) atoms. The number of rotatable bonds is 4. The van der Waals surface area contributed by atoms with Crippen LogP contribution in [0.15, 0.2) is 41.1 Å². The van der Waals surface area contributed by atoms with Gasteiger partial charge >= 0.3 is 0 Å². The van der Waals surface area contributed by atoms with Crippen LogP contribution in [-0.4, -0.2) is 28.8 Å². The predicted octanol–water partition coefficient (Wildman–Crippen LogP) is 2.18. The van der Waals surface area contributed by atoms with Crippen molar-refractivity contribution in [3.8, 4) is 0 Å². The Morgan fingerprint density at radius 3 is 2.91 bits per heavy atom. The number of piperidine rings is 1. The molecule has 1 aromatic carbocycles. The van der Waals surface area contributed by atoms with E-state index in [1.807, 2.05) is 12.3 Å². The Kier molecular flexibility index (Phi) is 4.77. The van der Waals surface area contributed by atoms with Crippen LogP contribution >= 0.6 is 15.9 Å². The highest BCUT2D eigenvalue weighted by molar-refractivity contribution is 9.10. The van der Waals surface area contributed by atoms with E-state index in [1.165, 1.54) is 12.1 Å². The average molecular weight is 381 g/mol. The average Bonchev–Trinajstić information content (AvgIpc) is 3.11. The number of benzene rings is 1. The molecular formula is C16H18BrFN4O. The molecule has 1 aromatic heterocycles. The molecule has 0 spiro atoms. The van der Waals surface area contributed by atoms with E-state index < -0.39 is 5.54 Å². The molecule has 2 aromatic rings. The van der Waals surface area contributed by atoms with Crippen LogP contribution in [0, 0.1) is 5.82 Å². The molecule has 1 aliphatic rings. The van der Waals surface area contributed by atoms with Gasteiger partial charge in [-0.05, 0) is 55.8 Å². The number of carbonyl (C=O) groups excluding carboxylic acids is 1. The topological polar surface area (TPSA) is 59.0 Å². The summed E-state index contributed by atoms with van der Waals surface area (Å²) in [6, 6.07) is 6.27. The van der Waals surface area contributed by atoms with Crippen molar-refractivity contribution in [3.05, 3.63) is 52.5 Å². The van der Waals surface area contributed by atoms with Gasteiger partial charge in [0, 0.05) is 23.4 Å². The summed E-state index contributed by atoms with van der Waals surface area (Å²) in [5.74, 6) is -0.403. The summed E-state index contributed by atoms with van der Waals surface area (Å²) in [7, 11) is 0. The lowest BCUT2D eigenvalue weighted by molar-refractivity contribution is -0.132. The first-order valence-corrected chi connectivity index (χ1v) is 8.34. The van der Waals surface area contributed by atoms with E-state index in [0.29, 0.717) is 18.4 Å². The quantitative estimate of drug-likeness (QED) is 0.854. The Morgan fingerprint density at radius 1 is 1.43 bits per heavy atom. The number of halogens is 2. The van der Waals surface area contributed by atoms with Crippen LogP contribution in [0.5, 0.6) is 0 Å². The van der Waals surface area contributed by atoms with E-state index in [1.54, 1.807) is 16.9 Å². The molecule has 0 saturated carbocycles. The Morgan fingerprint density at radius 2 is 2.22 bits per heavy atom. The van der Waals surface area contributed by atoms with Crippen LogP contribution < -0.4 is 10.6 Å². The highest BCUT2D eigenvalue weighted by Gasteiger charge is 2.41. The summed E-state index contributed by atoms with van der Waals surface area (Å²) < 4.78 is 15.9. The first-order valence-electron chi connectivity index (χ1n) is 7.55. The van der Waals surface area contributed by atoms with E-state index in [4.69, 9.17) is 0 Å². The fraction of sp³-hybridized carbons (Fsp3) is 0.375. The molecule has 2 heterocycles. The van der Waals surface area contributed by atoms with Crippen LogP contribution in [0.2, 0.25) is 0 Å². The van der Waals surface area contributed by atoms with Gasteiger partial charge in [0.05, 0.1) is 0 Å². The molecule has 0 bridgehead atoms. The Balaban J connectivity index is 1.78.